The fourth-order valence-electron chi connectivity index (χ4n) is 4.13. The van der Waals surface area contributed by atoms with Gasteiger partial charge >= 0.3 is 0 Å². The van der Waals surface area contributed by atoms with E-state index in [0.717, 1.165) is 57.6 Å². The van der Waals surface area contributed by atoms with Crippen molar-refractivity contribution in [2.45, 2.75) is 43.9 Å². The minimum Gasteiger partial charge on any atom is -0.347 e. The number of hydrogen-bond donors (Lipinski definition) is 0. The number of hydrogen-bond acceptors (Lipinski definition) is 4. The summed E-state index contributed by atoms with van der Waals surface area (Å²) in [7, 11) is 0. The molecule has 1 aromatic carbocycles. The van der Waals surface area contributed by atoms with Crippen LogP contribution in [0.2, 0.25) is 0 Å². The second-order valence-electron chi connectivity index (χ2n) is 6.64. The van der Waals surface area contributed by atoms with Gasteiger partial charge in [-0.3, -0.25) is 4.90 Å². The van der Waals surface area contributed by atoms with Gasteiger partial charge in [-0.1, -0.05) is 6.07 Å². The van der Waals surface area contributed by atoms with Crippen molar-refractivity contribution in [2.24, 2.45) is 0 Å². The van der Waals surface area contributed by atoms with E-state index >= 15 is 0 Å². The molecule has 2 saturated heterocycles. The van der Waals surface area contributed by atoms with E-state index in [1.807, 2.05) is 6.07 Å². The number of nitrogens with zero attached hydrogens (tertiary/aromatic N) is 2. The molecule has 2 fully saturated rings. The number of aryl methyl sites for hydroxylation is 1. The highest BCUT2D eigenvalue weighted by atomic mass is 35.5. The smallest absolute Gasteiger partial charge is 0.170 e. The van der Waals surface area contributed by atoms with E-state index in [9.17, 15) is 0 Å². The maximum absolute atomic E-state index is 9.01. The van der Waals surface area contributed by atoms with Crippen LogP contribution in [0, 0.1) is 11.3 Å². The summed E-state index contributed by atoms with van der Waals surface area (Å²) in [6.45, 7) is 3.63. The number of ether oxygens (including phenoxy) is 2. The quantitative estimate of drug-likeness (QED) is 0.792. The van der Waals surface area contributed by atoms with E-state index in [4.69, 9.17) is 14.7 Å². The average molecular weight is 335 g/mol. The lowest BCUT2D eigenvalue weighted by Gasteiger charge is -2.42. The number of benzene rings is 1. The second-order valence-corrected chi connectivity index (χ2v) is 6.64. The molecular weight excluding hydrogens is 312 g/mol. The van der Waals surface area contributed by atoms with Gasteiger partial charge in [0.2, 0.25) is 0 Å². The molecule has 0 radical (unpaired) electrons. The minimum absolute atomic E-state index is 0. The molecular formula is C18H23ClN2O2. The Morgan fingerprint density at radius 3 is 2.57 bits per heavy atom. The fraction of sp³-hybridized carbons (Fsp3) is 0.611. The van der Waals surface area contributed by atoms with Crippen molar-refractivity contribution in [3.8, 4) is 6.07 Å². The molecule has 0 saturated carbocycles. The number of nitriles is 1. The summed E-state index contributed by atoms with van der Waals surface area (Å²) in [5.41, 5.74) is 3.57. The molecule has 1 unspecified atom stereocenters. The number of fused-ring (bicyclic) bond motifs is 1. The largest absolute Gasteiger partial charge is 0.347 e. The number of rotatable bonds is 1. The molecule has 1 aliphatic carbocycles. The standard InChI is InChI=1S/C18H22N2O2.ClH/c19-13-14-1-2-16-12-17(4-3-15(16)11-14)20-7-5-18(6-8-20)21-9-10-22-18;/h1-2,11,17H,3-10,12H2;1H. The molecule has 0 bridgehead atoms. The van der Waals surface area contributed by atoms with Gasteiger partial charge in [-0.05, 0) is 42.5 Å². The first kappa shape index (κ1) is 16.7. The van der Waals surface area contributed by atoms with Crippen molar-refractivity contribution in [3.63, 3.8) is 0 Å². The van der Waals surface area contributed by atoms with Crippen LogP contribution in [0.15, 0.2) is 18.2 Å². The number of piperidine rings is 1. The average Bonchev–Trinajstić information content (AvgIpc) is 3.03. The van der Waals surface area contributed by atoms with E-state index in [0.29, 0.717) is 6.04 Å². The monoisotopic (exact) mass is 334 g/mol. The zero-order valence-corrected chi connectivity index (χ0v) is 14.1. The third-order valence-electron chi connectivity index (χ3n) is 5.43. The summed E-state index contributed by atoms with van der Waals surface area (Å²) >= 11 is 0. The summed E-state index contributed by atoms with van der Waals surface area (Å²) in [5.74, 6) is -0.273. The first-order chi connectivity index (χ1) is 10.8. The first-order valence-corrected chi connectivity index (χ1v) is 8.32. The summed E-state index contributed by atoms with van der Waals surface area (Å²) in [4.78, 5) is 2.61. The van der Waals surface area contributed by atoms with Crippen LogP contribution in [0.5, 0.6) is 0 Å². The molecule has 0 N–H and O–H groups in total. The Hall–Kier alpha value is -1.12. The van der Waals surface area contributed by atoms with Crippen molar-refractivity contribution in [2.75, 3.05) is 26.3 Å². The zero-order chi connectivity index (χ0) is 15.0. The van der Waals surface area contributed by atoms with Gasteiger partial charge in [-0.25, -0.2) is 0 Å². The van der Waals surface area contributed by atoms with Gasteiger partial charge < -0.3 is 9.47 Å². The molecule has 3 aliphatic rings. The Balaban J connectivity index is 0.00000156. The third-order valence-corrected chi connectivity index (χ3v) is 5.43. The van der Waals surface area contributed by atoms with Crippen LogP contribution < -0.4 is 0 Å². The topological polar surface area (TPSA) is 45.5 Å². The molecule has 2 aliphatic heterocycles. The van der Waals surface area contributed by atoms with E-state index in [1.165, 1.54) is 17.5 Å². The molecule has 1 aromatic rings. The Kier molecular flexibility index (Phi) is 4.93. The molecule has 2 heterocycles. The van der Waals surface area contributed by atoms with Gasteiger partial charge in [0, 0.05) is 32.0 Å². The fourth-order valence-corrected chi connectivity index (χ4v) is 4.13. The highest BCUT2D eigenvalue weighted by molar-refractivity contribution is 5.85. The summed E-state index contributed by atoms with van der Waals surface area (Å²) in [6.07, 6.45) is 5.37. The molecule has 0 amide bonds. The van der Waals surface area contributed by atoms with E-state index in [-0.39, 0.29) is 18.2 Å². The number of likely N-dealkylation sites (tertiary alicyclic amines) is 1. The third kappa shape index (κ3) is 3.25. The molecule has 23 heavy (non-hydrogen) atoms. The van der Waals surface area contributed by atoms with Gasteiger partial charge in [0.1, 0.15) is 0 Å². The molecule has 4 rings (SSSR count). The Morgan fingerprint density at radius 1 is 1.13 bits per heavy atom. The van der Waals surface area contributed by atoms with Crippen molar-refractivity contribution in [3.05, 3.63) is 34.9 Å². The summed E-state index contributed by atoms with van der Waals surface area (Å²) in [5, 5.41) is 9.01. The molecule has 0 aromatic heterocycles. The van der Waals surface area contributed by atoms with Crippen LogP contribution in [0.25, 0.3) is 0 Å². The number of halogens is 1. The van der Waals surface area contributed by atoms with E-state index in [1.54, 1.807) is 0 Å². The summed E-state index contributed by atoms with van der Waals surface area (Å²) in [6, 6.07) is 9.03. The second kappa shape index (κ2) is 6.78. The van der Waals surface area contributed by atoms with Gasteiger partial charge in [0.15, 0.2) is 5.79 Å². The molecule has 1 spiro atoms. The lowest BCUT2D eigenvalue weighted by molar-refractivity contribution is -0.188. The van der Waals surface area contributed by atoms with Crippen molar-refractivity contribution < 1.29 is 9.47 Å². The SMILES string of the molecule is Cl.N#Cc1ccc2c(c1)CCC(N1CCC3(CC1)OCCO3)C2. The van der Waals surface area contributed by atoms with Crippen LogP contribution in [-0.2, 0) is 22.3 Å². The van der Waals surface area contributed by atoms with Gasteiger partial charge in [0.25, 0.3) is 0 Å². The molecule has 4 nitrogen and oxygen atoms in total. The normalized spacial score (nSPS) is 26.3. The van der Waals surface area contributed by atoms with Crippen LogP contribution in [0.4, 0.5) is 0 Å². The van der Waals surface area contributed by atoms with Crippen molar-refractivity contribution in [1.29, 1.82) is 5.26 Å². The van der Waals surface area contributed by atoms with Crippen LogP contribution >= 0.6 is 12.4 Å². The maximum Gasteiger partial charge on any atom is 0.170 e. The predicted octanol–water partition coefficient (Wildman–Crippen LogP) is 2.68. The first-order valence-electron chi connectivity index (χ1n) is 8.32. The van der Waals surface area contributed by atoms with Gasteiger partial charge in [-0.2, -0.15) is 5.26 Å². The summed E-state index contributed by atoms with van der Waals surface area (Å²) < 4.78 is 11.6. The van der Waals surface area contributed by atoms with E-state index in [2.05, 4.69) is 23.1 Å². The van der Waals surface area contributed by atoms with E-state index < -0.39 is 0 Å². The van der Waals surface area contributed by atoms with Crippen molar-refractivity contribution in [1.82, 2.24) is 4.90 Å². The van der Waals surface area contributed by atoms with Crippen LogP contribution in [0.3, 0.4) is 0 Å². The van der Waals surface area contributed by atoms with Crippen LogP contribution in [-0.4, -0.2) is 43.0 Å². The lowest BCUT2D eigenvalue weighted by atomic mass is 9.85. The highest BCUT2D eigenvalue weighted by Crippen LogP contribution is 2.34. The van der Waals surface area contributed by atoms with Gasteiger partial charge in [0.05, 0.1) is 24.8 Å². The molecule has 124 valence electrons. The molecule has 5 heteroatoms. The minimum atomic E-state index is -0.273. The maximum atomic E-state index is 9.01. The highest BCUT2D eigenvalue weighted by Gasteiger charge is 2.41. The zero-order valence-electron chi connectivity index (χ0n) is 13.3. The van der Waals surface area contributed by atoms with Crippen LogP contribution in [0.1, 0.15) is 36.0 Å². The Bertz CT molecular complexity index is 598. The lowest BCUT2D eigenvalue weighted by Crippen LogP contribution is -2.50. The Labute approximate surface area is 143 Å². The molecule has 1 atom stereocenters. The van der Waals surface area contributed by atoms with Crippen molar-refractivity contribution >= 4 is 12.4 Å². The Morgan fingerprint density at radius 2 is 1.87 bits per heavy atom. The predicted molar refractivity (Wildman–Crippen MR) is 89.7 cm³/mol. The van der Waals surface area contributed by atoms with Gasteiger partial charge in [-0.15, -0.1) is 12.4 Å².